The van der Waals surface area contributed by atoms with Crippen molar-refractivity contribution >= 4 is 0 Å². The van der Waals surface area contributed by atoms with Gasteiger partial charge in [-0.05, 0) is 24.8 Å². The molecule has 1 aromatic rings. The molecule has 1 aliphatic rings. The maximum absolute atomic E-state index is 12.7. The minimum atomic E-state index is -4.29. The summed E-state index contributed by atoms with van der Waals surface area (Å²) in [7, 11) is 0. The van der Waals surface area contributed by atoms with Crippen LogP contribution in [0.15, 0.2) is 6.07 Å². The number of hydrogen-bond acceptors (Lipinski definition) is 1. The number of nitrogens with zero attached hydrogens (tertiary/aromatic N) is 2. The van der Waals surface area contributed by atoms with Crippen LogP contribution in [0, 0.1) is 0 Å². The van der Waals surface area contributed by atoms with Crippen LogP contribution in [-0.4, -0.2) is 9.78 Å². The fraction of sp³-hybridized carbons (Fsp3) is 0.700. The highest BCUT2D eigenvalue weighted by molar-refractivity contribution is 5.17. The summed E-state index contributed by atoms with van der Waals surface area (Å²) in [6.07, 6.45) is -2.67. The summed E-state index contributed by atoms with van der Waals surface area (Å²) >= 11 is 0. The number of alkyl halides is 3. The third kappa shape index (κ3) is 2.01. The van der Waals surface area contributed by atoms with E-state index in [1.165, 1.54) is 6.07 Å². The minimum Gasteiger partial charge on any atom is -0.257 e. The SMILES string of the molecule is CC(C)c1cc(C(F)(F)F)n(C2CC2)n1. The predicted molar refractivity (Wildman–Crippen MR) is 49.6 cm³/mol. The zero-order chi connectivity index (χ0) is 11.2. The Balaban J connectivity index is 2.42. The second-order valence-corrected chi connectivity index (χ2v) is 4.28. The third-order valence-electron chi connectivity index (χ3n) is 2.53. The van der Waals surface area contributed by atoms with Crippen LogP contribution in [0.5, 0.6) is 0 Å². The molecule has 5 heteroatoms. The molecule has 1 aliphatic carbocycles. The van der Waals surface area contributed by atoms with Crippen LogP contribution in [0.1, 0.15) is 50.0 Å². The zero-order valence-electron chi connectivity index (χ0n) is 8.67. The lowest BCUT2D eigenvalue weighted by Gasteiger charge is -2.08. The minimum absolute atomic E-state index is 0.0332. The van der Waals surface area contributed by atoms with Crippen molar-refractivity contribution in [1.29, 1.82) is 0 Å². The summed E-state index contributed by atoms with van der Waals surface area (Å²) in [6, 6.07) is 1.14. The Hall–Kier alpha value is -1.00. The third-order valence-corrected chi connectivity index (χ3v) is 2.53. The molecule has 0 saturated heterocycles. The van der Waals surface area contributed by atoms with E-state index in [2.05, 4.69) is 5.10 Å². The van der Waals surface area contributed by atoms with E-state index < -0.39 is 11.9 Å². The molecule has 1 aromatic heterocycles. The molecule has 1 saturated carbocycles. The molecular weight excluding hydrogens is 205 g/mol. The van der Waals surface area contributed by atoms with Gasteiger partial charge in [0.25, 0.3) is 0 Å². The maximum atomic E-state index is 12.7. The summed E-state index contributed by atoms with van der Waals surface area (Å²) in [4.78, 5) is 0. The van der Waals surface area contributed by atoms with Gasteiger partial charge in [0.15, 0.2) is 0 Å². The predicted octanol–water partition coefficient (Wildman–Crippen LogP) is 3.36. The molecule has 2 nitrogen and oxygen atoms in total. The number of aromatic nitrogens is 2. The molecule has 0 N–H and O–H groups in total. The van der Waals surface area contributed by atoms with Gasteiger partial charge in [-0.15, -0.1) is 0 Å². The molecule has 0 atom stereocenters. The Kier molecular flexibility index (Phi) is 2.28. The second kappa shape index (κ2) is 3.25. The van der Waals surface area contributed by atoms with Crippen molar-refractivity contribution in [2.45, 2.75) is 44.8 Å². The summed E-state index contributed by atoms with van der Waals surface area (Å²) in [5, 5.41) is 4.03. The van der Waals surface area contributed by atoms with E-state index in [-0.39, 0.29) is 12.0 Å². The lowest BCUT2D eigenvalue weighted by Crippen LogP contribution is -2.13. The standard InChI is InChI=1S/C10H13F3N2/c1-6(2)8-5-9(10(11,12)13)15(14-8)7-3-4-7/h5-7H,3-4H2,1-2H3. The first-order valence-electron chi connectivity index (χ1n) is 5.06. The number of hydrogen-bond donors (Lipinski definition) is 0. The molecule has 2 rings (SSSR count). The van der Waals surface area contributed by atoms with Gasteiger partial charge in [0, 0.05) is 0 Å². The van der Waals surface area contributed by atoms with E-state index in [0.717, 1.165) is 17.5 Å². The first-order valence-corrected chi connectivity index (χ1v) is 5.06. The van der Waals surface area contributed by atoms with Crippen LogP contribution in [0.2, 0.25) is 0 Å². The Morgan fingerprint density at radius 3 is 2.40 bits per heavy atom. The lowest BCUT2D eigenvalue weighted by molar-refractivity contribution is -0.144. The van der Waals surface area contributed by atoms with Crippen molar-refractivity contribution in [1.82, 2.24) is 9.78 Å². The summed E-state index contributed by atoms with van der Waals surface area (Å²) < 4.78 is 39.1. The van der Waals surface area contributed by atoms with Crippen molar-refractivity contribution in [3.63, 3.8) is 0 Å². The molecule has 0 aromatic carbocycles. The Morgan fingerprint density at radius 1 is 1.40 bits per heavy atom. The topological polar surface area (TPSA) is 17.8 Å². The maximum Gasteiger partial charge on any atom is 0.433 e. The van der Waals surface area contributed by atoms with E-state index in [1.807, 2.05) is 13.8 Å². The smallest absolute Gasteiger partial charge is 0.257 e. The normalized spacial score (nSPS) is 17.5. The van der Waals surface area contributed by atoms with Crippen LogP contribution in [0.3, 0.4) is 0 Å². The number of rotatable bonds is 2. The van der Waals surface area contributed by atoms with Gasteiger partial charge in [0.05, 0.1) is 11.7 Å². The molecule has 84 valence electrons. The van der Waals surface area contributed by atoms with Crippen LogP contribution >= 0.6 is 0 Å². The van der Waals surface area contributed by atoms with Gasteiger partial charge < -0.3 is 0 Å². The first-order chi connectivity index (χ1) is 6.89. The molecule has 0 bridgehead atoms. The fourth-order valence-corrected chi connectivity index (χ4v) is 1.50. The molecule has 1 fully saturated rings. The van der Waals surface area contributed by atoms with Crippen LogP contribution < -0.4 is 0 Å². The van der Waals surface area contributed by atoms with Crippen LogP contribution in [-0.2, 0) is 6.18 Å². The molecule has 0 unspecified atom stereocenters. The lowest BCUT2D eigenvalue weighted by atomic mass is 10.1. The monoisotopic (exact) mass is 218 g/mol. The molecule has 1 heterocycles. The average molecular weight is 218 g/mol. The average Bonchev–Trinajstić information content (AvgIpc) is 2.81. The summed E-state index contributed by atoms with van der Waals surface area (Å²) in [5.41, 5.74) is -0.0806. The molecule has 15 heavy (non-hydrogen) atoms. The highest BCUT2D eigenvalue weighted by Crippen LogP contribution is 2.40. The molecule has 0 spiro atoms. The first kappa shape index (κ1) is 10.5. The highest BCUT2D eigenvalue weighted by atomic mass is 19.4. The van der Waals surface area contributed by atoms with Gasteiger partial charge in [-0.2, -0.15) is 18.3 Å². The summed E-state index contributed by atoms with van der Waals surface area (Å²) in [6.45, 7) is 3.69. The fourth-order valence-electron chi connectivity index (χ4n) is 1.50. The van der Waals surface area contributed by atoms with E-state index in [0.29, 0.717) is 5.69 Å². The van der Waals surface area contributed by atoms with Crippen molar-refractivity contribution < 1.29 is 13.2 Å². The van der Waals surface area contributed by atoms with Crippen molar-refractivity contribution in [2.75, 3.05) is 0 Å². The van der Waals surface area contributed by atoms with Gasteiger partial charge in [-0.3, -0.25) is 4.68 Å². The van der Waals surface area contributed by atoms with Gasteiger partial charge >= 0.3 is 6.18 Å². The van der Waals surface area contributed by atoms with E-state index >= 15 is 0 Å². The van der Waals surface area contributed by atoms with Gasteiger partial charge in [-0.1, -0.05) is 13.8 Å². The number of halogens is 3. The van der Waals surface area contributed by atoms with Crippen molar-refractivity contribution in [3.8, 4) is 0 Å². The molecular formula is C10H13F3N2. The van der Waals surface area contributed by atoms with Gasteiger partial charge in [-0.25, -0.2) is 0 Å². The second-order valence-electron chi connectivity index (χ2n) is 4.28. The van der Waals surface area contributed by atoms with Crippen molar-refractivity contribution in [3.05, 3.63) is 17.5 Å². The quantitative estimate of drug-likeness (QED) is 0.744. The zero-order valence-corrected chi connectivity index (χ0v) is 8.67. The molecule has 0 aliphatic heterocycles. The van der Waals surface area contributed by atoms with Crippen molar-refractivity contribution in [2.24, 2.45) is 0 Å². The van der Waals surface area contributed by atoms with E-state index in [9.17, 15) is 13.2 Å². The molecule has 0 amide bonds. The van der Waals surface area contributed by atoms with E-state index in [1.54, 1.807) is 0 Å². The Bertz CT molecular complexity index is 361. The highest BCUT2D eigenvalue weighted by Gasteiger charge is 2.40. The Morgan fingerprint density at radius 2 is 2.00 bits per heavy atom. The van der Waals surface area contributed by atoms with Gasteiger partial charge in [0.1, 0.15) is 5.69 Å². The van der Waals surface area contributed by atoms with Crippen LogP contribution in [0.4, 0.5) is 13.2 Å². The Labute approximate surface area is 86.1 Å². The van der Waals surface area contributed by atoms with E-state index in [4.69, 9.17) is 0 Å². The van der Waals surface area contributed by atoms with Crippen LogP contribution in [0.25, 0.3) is 0 Å². The van der Waals surface area contributed by atoms with Gasteiger partial charge in [0.2, 0.25) is 0 Å². The summed E-state index contributed by atoms with van der Waals surface area (Å²) in [5.74, 6) is 0.0334. The largest absolute Gasteiger partial charge is 0.433 e. The molecule has 0 radical (unpaired) electrons.